The third-order valence-corrected chi connectivity index (χ3v) is 13.5. The zero-order chi connectivity index (χ0) is 55.7. The van der Waals surface area contributed by atoms with Crippen molar-refractivity contribution in [1.82, 2.24) is 0 Å². The Balaban J connectivity index is 4.13. The summed E-state index contributed by atoms with van der Waals surface area (Å²) >= 11 is 0. The van der Waals surface area contributed by atoms with E-state index in [2.05, 4.69) is 142 Å². The van der Waals surface area contributed by atoms with Crippen molar-refractivity contribution >= 4 is 17.9 Å². The molecule has 0 spiro atoms. The van der Waals surface area contributed by atoms with E-state index in [1.165, 1.54) is 122 Å². The summed E-state index contributed by atoms with van der Waals surface area (Å²) in [5, 5.41) is 0. The summed E-state index contributed by atoms with van der Waals surface area (Å²) in [7, 11) is 0. The molecule has 0 amide bonds. The smallest absolute Gasteiger partial charge is 0.306 e. The van der Waals surface area contributed by atoms with E-state index in [0.717, 1.165) is 128 Å². The summed E-state index contributed by atoms with van der Waals surface area (Å²) in [5.74, 6) is -0.916. The standard InChI is InChI=1S/C71H118O6/c1-4-7-10-13-16-19-22-24-25-26-27-28-29-30-31-32-33-34-35-36-37-38-39-40-41-42-43-44-45-47-49-52-55-58-61-64-70(73)76-67-68(66-75-69(72)63-60-57-54-51-48-21-18-15-12-9-6-3)77-71(74)65-62-59-56-53-50-46-23-20-17-14-11-8-5-2/h7-8,10-11,16-17,19-20,24-25,27-28,30-31,33-34,36-37,46,50,68H,4-6,9,12-15,18,21-23,26,29,32,35,38-45,47-49,51-67H2,1-3H3/b10-7-,11-8-,19-16-,20-17-,25-24-,28-27-,31-30-,34-33-,37-36-,50-46-. The second-order valence-corrected chi connectivity index (χ2v) is 20.9. The molecule has 0 aliphatic carbocycles. The van der Waals surface area contributed by atoms with Crippen LogP contribution in [0.3, 0.4) is 0 Å². The van der Waals surface area contributed by atoms with Crippen LogP contribution in [0.2, 0.25) is 0 Å². The van der Waals surface area contributed by atoms with E-state index in [1.807, 2.05) is 0 Å². The number of carbonyl (C=O) groups excluding carboxylic acids is 3. The van der Waals surface area contributed by atoms with Crippen LogP contribution in [0.25, 0.3) is 0 Å². The minimum absolute atomic E-state index is 0.0882. The van der Waals surface area contributed by atoms with Crippen LogP contribution in [0.1, 0.15) is 290 Å². The highest BCUT2D eigenvalue weighted by molar-refractivity contribution is 5.71. The average molecular weight is 1070 g/mol. The lowest BCUT2D eigenvalue weighted by Gasteiger charge is -2.18. The number of unbranched alkanes of at least 4 members (excludes halogenated alkanes) is 26. The van der Waals surface area contributed by atoms with Crippen LogP contribution >= 0.6 is 0 Å². The molecule has 6 heteroatoms. The fourth-order valence-electron chi connectivity index (χ4n) is 8.73. The molecule has 0 fully saturated rings. The summed E-state index contributed by atoms with van der Waals surface area (Å²) in [5.41, 5.74) is 0. The first-order valence-electron chi connectivity index (χ1n) is 32.0. The van der Waals surface area contributed by atoms with Gasteiger partial charge in [-0.15, -0.1) is 0 Å². The van der Waals surface area contributed by atoms with Gasteiger partial charge in [-0.05, 0) is 109 Å². The van der Waals surface area contributed by atoms with Crippen LogP contribution in [0, 0.1) is 0 Å². The van der Waals surface area contributed by atoms with Crippen LogP contribution in [-0.4, -0.2) is 37.2 Å². The van der Waals surface area contributed by atoms with Gasteiger partial charge in [0.05, 0.1) is 0 Å². The molecule has 1 unspecified atom stereocenters. The van der Waals surface area contributed by atoms with Gasteiger partial charge in [0.2, 0.25) is 0 Å². The first-order chi connectivity index (χ1) is 38.0. The quantitative estimate of drug-likeness (QED) is 0.0261. The average Bonchev–Trinajstić information content (AvgIpc) is 3.43. The van der Waals surface area contributed by atoms with Crippen LogP contribution in [0.15, 0.2) is 122 Å². The number of rotatable bonds is 57. The SMILES string of the molecule is CC/C=C\C/C=C\C/C=C\C/C=C\C/C=C\C/C=C\C/C=C\CCCCCCCCCCCCCCCC(=O)OCC(COC(=O)CCCCCCCCCCCCC)OC(=O)CCCCC/C=C\C/C=C\C/C=C\CC. The van der Waals surface area contributed by atoms with E-state index in [0.29, 0.717) is 19.3 Å². The molecule has 438 valence electrons. The molecular weight excluding hydrogens is 949 g/mol. The minimum atomic E-state index is -0.792. The van der Waals surface area contributed by atoms with E-state index in [9.17, 15) is 14.4 Å². The Labute approximate surface area is 475 Å². The first-order valence-corrected chi connectivity index (χ1v) is 32.0. The van der Waals surface area contributed by atoms with Gasteiger partial charge in [-0.25, -0.2) is 0 Å². The number of hydrogen-bond donors (Lipinski definition) is 0. The summed E-state index contributed by atoms with van der Waals surface area (Å²) in [6.07, 6.45) is 89.4. The normalized spacial score (nSPS) is 12.9. The van der Waals surface area contributed by atoms with Gasteiger partial charge >= 0.3 is 17.9 Å². The van der Waals surface area contributed by atoms with Crippen molar-refractivity contribution in [1.29, 1.82) is 0 Å². The van der Waals surface area contributed by atoms with E-state index in [-0.39, 0.29) is 31.1 Å². The van der Waals surface area contributed by atoms with Gasteiger partial charge in [0, 0.05) is 19.3 Å². The molecule has 0 aliphatic rings. The van der Waals surface area contributed by atoms with Crippen molar-refractivity contribution in [2.75, 3.05) is 13.2 Å². The molecule has 0 radical (unpaired) electrons. The Morgan fingerprint density at radius 3 is 0.805 bits per heavy atom. The maximum absolute atomic E-state index is 12.8. The van der Waals surface area contributed by atoms with Crippen LogP contribution in [-0.2, 0) is 28.6 Å². The summed E-state index contributed by atoms with van der Waals surface area (Å²) in [4.78, 5) is 38.1. The molecule has 0 aromatic carbocycles. The van der Waals surface area contributed by atoms with E-state index in [1.54, 1.807) is 0 Å². The fourth-order valence-corrected chi connectivity index (χ4v) is 8.73. The van der Waals surface area contributed by atoms with Crippen LogP contribution < -0.4 is 0 Å². The van der Waals surface area contributed by atoms with Gasteiger partial charge in [-0.1, -0.05) is 284 Å². The molecule has 0 rings (SSSR count). The topological polar surface area (TPSA) is 78.9 Å². The highest BCUT2D eigenvalue weighted by atomic mass is 16.6. The fraction of sp³-hybridized carbons (Fsp3) is 0.676. The number of ether oxygens (including phenoxy) is 3. The highest BCUT2D eigenvalue weighted by Crippen LogP contribution is 2.16. The Kier molecular flexibility index (Phi) is 60.8. The first kappa shape index (κ1) is 72.8. The summed E-state index contributed by atoms with van der Waals surface area (Å²) in [6, 6.07) is 0. The van der Waals surface area contributed by atoms with Gasteiger partial charge in [-0.3, -0.25) is 14.4 Å². The number of allylic oxidation sites excluding steroid dienone is 20. The molecule has 0 aromatic heterocycles. The van der Waals surface area contributed by atoms with E-state index in [4.69, 9.17) is 14.2 Å². The Bertz CT molecular complexity index is 1600. The van der Waals surface area contributed by atoms with Crippen molar-refractivity contribution in [3.05, 3.63) is 122 Å². The molecule has 0 bridgehead atoms. The van der Waals surface area contributed by atoms with Gasteiger partial charge in [0.15, 0.2) is 6.10 Å². The summed E-state index contributed by atoms with van der Waals surface area (Å²) in [6.45, 7) is 6.39. The van der Waals surface area contributed by atoms with Crippen molar-refractivity contribution < 1.29 is 28.6 Å². The molecule has 0 aromatic rings. The predicted octanol–water partition coefficient (Wildman–Crippen LogP) is 22.0. The lowest BCUT2D eigenvalue weighted by atomic mass is 10.0. The van der Waals surface area contributed by atoms with Crippen molar-refractivity contribution in [2.24, 2.45) is 0 Å². The second kappa shape index (κ2) is 64.3. The van der Waals surface area contributed by atoms with Crippen molar-refractivity contribution in [2.45, 2.75) is 297 Å². The van der Waals surface area contributed by atoms with Crippen molar-refractivity contribution in [3.8, 4) is 0 Å². The monoisotopic (exact) mass is 1070 g/mol. The van der Waals surface area contributed by atoms with E-state index < -0.39 is 6.10 Å². The maximum atomic E-state index is 12.8. The molecule has 0 N–H and O–H groups in total. The molecule has 0 heterocycles. The Hall–Kier alpha value is -4.19. The minimum Gasteiger partial charge on any atom is -0.462 e. The maximum Gasteiger partial charge on any atom is 0.306 e. The number of hydrogen-bond acceptors (Lipinski definition) is 6. The third-order valence-electron chi connectivity index (χ3n) is 13.5. The second-order valence-electron chi connectivity index (χ2n) is 20.9. The number of esters is 3. The molecule has 77 heavy (non-hydrogen) atoms. The van der Waals surface area contributed by atoms with Crippen LogP contribution in [0.5, 0.6) is 0 Å². The summed E-state index contributed by atoms with van der Waals surface area (Å²) < 4.78 is 16.8. The van der Waals surface area contributed by atoms with Crippen molar-refractivity contribution in [3.63, 3.8) is 0 Å². The molecule has 0 saturated carbocycles. The Morgan fingerprint density at radius 2 is 0.506 bits per heavy atom. The molecule has 0 saturated heterocycles. The molecule has 0 aliphatic heterocycles. The molecular formula is C71H118O6. The highest BCUT2D eigenvalue weighted by Gasteiger charge is 2.19. The van der Waals surface area contributed by atoms with Gasteiger partial charge in [0.1, 0.15) is 13.2 Å². The zero-order valence-corrected chi connectivity index (χ0v) is 50.2. The number of carbonyl (C=O) groups is 3. The lowest BCUT2D eigenvalue weighted by Crippen LogP contribution is -2.30. The van der Waals surface area contributed by atoms with Gasteiger partial charge < -0.3 is 14.2 Å². The Morgan fingerprint density at radius 1 is 0.273 bits per heavy atom. The molecule has 1 atom stereocenters. The largest absolute Gasteiger partial charge is 0.462 e. The van der Waals surface area contributed by atoms with Gasteiger partial charge in [0.25, 0.3) is 0 Å². The third kappa shape index (κ3) is 62.5. The van der Waals surface area contributed by atoms with Gasteiger partial charge in [-0.2, -0.15) is 0 Å². The predicted molar refractivity (Wildman–Crippen MR) is 334 cm³/mol. The van der Waals surface area contributed by atoms with Crippen LogP contribution in [0.4, 0.5) is 0 Å². The molecule has 6 nitrogen and oxygen atoms in total. The lowest BCUT2D eigenvalue weighted by molar-refractivity contribution is -0.167. The van der Waals surface area contributed by atoms with E-state index >= 15 is 0 Å². The zero-order valence-electron chi connectivity index (χ0n) is 50.2.